The second kappa shape index (κ2) is 3.51. The van der Waals surface area contributed by atoms with E-state index in [0.717, 1.165) is 11.1 Å². The van der Waals surface area contributed by atoms with Crippen molar-refractivity contribution in [3.8, 4) is 0 Å². The topological polar surface area (TPSA) is 44.1 Å². The number of aryl methyl sites for hydroxylation is 1. The summed E-state index contributed by atoms with van der Waals surface area (Å²) in [4.78, 5) is 16.0. The maximum atomic E-state index is 11.8. The van der Waals surface area contributed by atoms with Crippen molar-refractivity contribution >= 4 is 21.6 Å². The van der Waals surface area contributed by atoms with E-state index >= 15 is 0 Å². The number of thiophene rings is 1. The van der Waals surface area contributed by atoms with Crippen molar-refractivity contribution < 1.29 is 4.74 Å². The van der Waals surface area contributed by atoms with E-state index in [4.69, 9.17) is 4.74 Å². The smallest absolute Gasteiger partial charge is 0.273 e. The molecular weight excluding hydrogens is 200 g/mol. The monoisotopic (exact) mass is 210 g/mol. The molecule has 0 aliphatic carbocycles. The molecule has 14 heavy (non-hydrogen) atoms. The van der Waals surface area contributed by atoms with Crippen molar-refractivity contribution in [2.45, 2.75) is 13.7 Å². The predicted molar refractivity (Wildman–Crippen MR) is 55.6 cm³/mol. The van der Waals surface area contributed by atoms with Gasteiger partial charge in [-0.15, -0.1) is 11.3 Å². The highest BCUT2D eigenvalue weighted by molar-refractivity contribution is 7.17. The van der Waals surface area contributed by atoms with Crippen molar-refractivity contribution in [2.75, 3.05) is 7.11 Å². The molecule has 0 aromatic carbocycles. The minimum absolute atomic E-state index is 0.0325. The van der Waals surface area contributed by atoms with Gasteiger partial charge >= 0.3 is 0 Å². The van der Waals surface area contributed by atoms with Crippen molar-refractivity contribution in [1.29, 1.82) is 0 Å². The summed E-state index contributed by atoms with van der Waals surface area (Å²) in [6.45, 7) is 2.20. The molecule has 2 heterocycles. The number of rotatable bonds is 2. The van der Waals surface area contributed by atoms with Crippen molar-refractivity contribution in [2.24, 2.45) is 0 Å². The molecule has 0 aliphatic heterocycles. The van der Waals surface area contributed by atoms with Crippen LogP contribution in [0.5, 0.6) is 0 Å². The first-order valence-corrected chi connectivity index (χ1v) is 5.04. The fourth-order valence-corrected chi connectivity index (χ4v) is 2.24. The van der Waals surface area contributed by atoms with Crippen molar-refractivity contribution in [3.05, 3.63) is 27.6 Å². The average molecular weight is 210 g/mol. The lowest BCUT2D eigenvalue weighted by Crippen LogP contribution is -2.20. The summed E-state index contributed by atoms with van der Waals surface area (Å²) in [7, 11) is 1.55. The quantitative estimate of drug-likeness (QED) is 0.752. The summed E-state index contributed by atoms with van der Waals surface area (Å²) in [5.74, 6) is 0. The third kappa shape index (κ3) is 1.34. The molecule has 4 nitrogen and oxygen atoms in total. The third-order valence-corrected chi connectivity index (χ3v) is 3.07. The van der Waals surface area contributed by atoms with Gasteiger partial charge in [-0.3, -0.25) is 9.36 Å². The first-order chi connectivity index (χ1) is 6.74. The summed E-state index contributed by atoms with van der Waals surface area (Å²) in [5.41, 5.74) is 1.81. The zero-order valence-electron chi connectivity index (χ0n) is 7.98. The molecule has 0 radical (unpaired) electrons. The highest BCUT2D eigenvalue weighted by Crippen LogP contribution is 2.19. The molecule has 0 aliphatic rings. The number of nitrogens with zero attached hydrogens (tertiary/aromatic N) is 2. The zero-order valence-corrected chi connectivity index (χ0v) is 8.80. The van der Waals surface area contributed by atoms with Gasteiger partial charge in [0.2, 0.25) is 0 Å². The Kier molecular flexibility index (Phi) is 2.35. The summed E-state index contributed by atoms with van der Waals surface area (Å²) in [5, 5.41) is 1.94. The molecule has 0 spiro atoms. The minimum atomic E-state index is -0.0325. The lowest BCUT2D eigenvalue weighted by molar-refractivity contribution is 0.128. The van der Waals surface area contributed by atoms with Gasteiger partial charge in [-0.2, -0.15) is 0 Å². The van der Waals surface area contributed by atoms with E-state index in [-0.39, 0.29) is 12.3 Å². The maximum absolute atomic E-state index is 11.8. The van der Waals surface area contributed by atoms with E-state index in [1.54, 1.807) is 7.11 Å². The fourth-order valence-electron chi connectivity index (χ4n) is 1.29. The number of methoxy groups -OCH3 is 1. The summed E-state index contributed by atoms with van der Waals surface area (Å²) in [6, 6.07) is 0. The van der Waals surface area contributed by atoms with E-state index in [1.165, 1.54) is 22.2 Å². The largest absolute Gasteiger partial charge is 0.364 e. The zero-order chi connectivity index (χ0) is 10.1. The van der Waals surface area contributed by atoms with Crippen LogP contribution < -0.4 is 5.56 Å². The Balaban J connectivity index is 2.70. The van der Waals surface area contributed by atoms with Crippen LogP contribution in [0.3, 0.4) is 0 Å². The van der Waals surface area contributed by atoms with Crippen LogP contribution in [-0.4, -0.2) is 16.7 Å². The predicted octanol–water partition coefficient (Wildman–Crippen LogP) is 1.37. The van der Waals surface area contributed by atoms with E-state index in [1.807, 2.05) is 12.3 Å². The van der Waals surface area contributed by atoms with Crippen molar-refractivity contribution in [3.63, 3.8) is 0 Å². The van der Waals surface area contributed by atoms with E-state index in [0.29, 0.717) is 4.70 Å². The van der Waals surface area contributed by atoms with Gasteiger partial charge in [0, 0.05) is 7.11 Å². The van der Waals surface area contributed by atoms with Gasteiger partial charge in [-0.05, 0) is 17.9 Å². The van der Waals surface area contributed by atoms with Crippen LogP contribution in [-0.2, 0) is 11.5 Å². The molecular formula is C9H10N2O2S. The maximum Gasteiger partial charge on any atom is 0.273 e. The fraction of sp³-hybridized carbons (Fsp3) is 0.333. The second-order valence-corrected chi connectivity index (χ2v) is 3.91. The summed E-state index contributed by atoms with van der Waals surface area (Å²) < 4.78 is 7.04. The standard InChI is InChI=1S/C9H10N2O2S/c1-6-3-14-8-7(6)10-4-11(5-13-2)9(8)12/h3-4H,5H2,1-2H3. The first-order valence-electron chi connectivity index (χ1n) is 4.16. The Bertz CT molecular complexity index is 515. The molecule has 0 atom stereocenters. The van der Waals surface area contributed by atoms with E-state index in [9.17, 15) is 4.79 Å². The number of aromatic nitrogens is 2. The molecule has 2 aromatic heterocycles. The molecule has 0 N–H and O–H groups in total. The molecule has 0 amide bonds. The van der Waals surface area contributed by atoms with Gasteiger partial charge in [-0.25, -0.2) is 4.98 Å². The number of hydrogen-bond donors (Lipinski definition) is 0. The SMILES string of the molecule is COCn1cnc2c(C)csc2c1=O. The van der Waals surface area contributed by atoms with Gasteiger partial charge in [0.05, 0.1) is 5.52 Å². The van der Waals surface area contributed by atoms with Crippen LogP contribution in [0.4, 0.5) is 0 Å². The molecule has 0 saturated carbocycles. The number of fused-ring (bicyclic) bond motifs is 1. The van der Waals surface area contributed by atoms with Gasteiger partial charge in [0.1, 0.15) is 17.8 Å². The number of hydrogen-bond acceptors (Lipinski definition) is 4. The Morgan fingerprint density at radius 2 is 2.43 bits per heavy atom. The van der Waals surface area contributed by atoms with E-state index < -0.39 is 0 Å². The third-order valence-electron chi connectivity index (χ3n) is 1.99. The minimum Gasteiger partial charge on any atom is -0.364 e. The Hall–Kier alpha value is -1.20. The van der Waals surface area contributed by atoms with Gasteiger partial charge < -0.3 is 4.74 Å². The van der Waals surface area contributed by atoms with Crippen LogP contribution in [0.15, 0.2) is 16.5 Å². The van der Waals surface area contributed by atoms with Gasteiger partial charge in [0.15, 0.2) is 0 Å². The van der Waals surface area contributed by atoms with Crippen LogP contribution >= 0.6 is 11.3 Å². The first kappa shape index (κ1) is 9.36. The number of ether oxygens (including phenoxy) is 1. The lowest BCUT2D eigenvalue weighted by atomic mass is 10.3. The summed E-state index contributed by atoms with van der Waals surface area (Å²) >= 11 is 1.43. The van der Waals surface area contributed by atoms with E-state index in [2.05, 4.69) is 4.98 Å². The van der Waals surface area contributed by atoms with Gasteiger partial charge in [0.25, 0.3) is 5.56 Å². The Morgan fingerprint density at radius 3 is 3.14 bits per heavy atom. The normalized spacial score (nSPS) is 11.0. The molecule has 2 aromatic rings. The molecule has 0 bridgehead atoms. The highest BCUT2D eigenvalue weighted by atomic mass is 32.1. The van der Waals surface area contributed by atoms with Crippen LogP contribution in [0, 0.1) is 6.92 Å². The van der Waals surface area contributed by atoms with Crippen molar-refractivity contribution in [1.82, 2.24) is 9.55 Å². The molecule has 74 valence electrons. The Morgan fingerprint density at radius 1 is 1.64 bits per heavy atom. The molecule has 0 saturated heterocycles. The van der Waals surface area contributed by atoms with Crippen LogP contribution in [0.2, 0.25) is 0 Å². The Labute approximate surface area is 84.8 Å². The second-order valence-electron chi connectivity index (χ2n) is 3.03. The van der Waals surface area contributed by atoms with Crippen LogP contribution in [0.25, 0.3) is 10.2 Å². The van der Waals surface area contributed by atoms with Gasteiger partial charge in [-0.1, -0.05) is 0 Å². The molecule has 0 fully saturated rings. The molecule has 0 unspecified atom stereocenters. The average Bonchev–Trinajstić information content (AvgIpc) is 2.54. The molecule has 5 heteroatoms. The highest BCUT2D eigenvalue weighted by Gasteiger charge is 2.07. The van der Waals surface area contributed by atoms with Crippen LogP contribution in [0.1, 0.15) is 5.56 Å². The lowest BCUT2D eigenvalue weighted by Gasteiger charge is -2.02. The molecule has 2 rings (SSSR count). The summed E-state index contributed by atoms with van der Waals surface area (Å²) in [6.07, 6.45) is 1.52.